The van der Waals surface area contributed by atoms with E-state index in [0.29, 0.717) is 6.42 Å². The normalized spacial score (nSPS) is 11.5. The zero-order valence-electron chi connectivity index (χ0n) is 8.17. The topological polar surface area (TPSA) is 0 Å². The highest BCUT2D eigenvalue weighted by Gasteiger charge is 2.27. The molecule has 100 valence electrons. The van der Waals surface area contributed by atoms with E-state index in [9.17, 15) is 22.0 Å². The highest BCUT2D eigenvalue weighted by atomic mass is 19.2. The van der Waals surface area contributed by atoms with E-state index in [0.717, 1.165) is 0 Å². The molecule has 1 aromatic rings. The molecule has 5 heteroatoms. The molecular weight excluding hydrogens is 239 g/mol. The van der Waals surface area contributed by atoms with E-state index in [1.807, 2.05) is 0 Å². The highest BCUT2D eigenvalue weighted by molar-refractivity contribution is 5.26. The van der Waals surface area contributed by atoms with Crippen molar-refractivity contribution in [2.45, 2.75) is 41.0 Å². The standard InChI is InChI=1S/C10H9F5.2CH4/c1-3-4(2)5-6(11)8(13)10(15)9(14)7(5)12;;/h4H,3H2,1-2H3;2*1H4. The number of halogens is 5. The van der Waals surface area contributed by atoms with E-state index < -0.39 is 40.6 Å². The molecule has 17 heavy (non-hydrogen) atoms. The fourth-order valence-corrected chi connectivity index (χ4v) is 1.26. The van der Waals surface area contributed by atoms with Gasteiger partial charge in [0.05, 0.1) is 0 Å². The minimum atomic E-state index is -2.11. The Morgan fingerprint density at radius 3 is 1.35 bits per heavy atom. The van der Waals surface area contributed by atoms with Gasteiger partial charge in [0.1, 0.15) is 0 Å². The maximum absolute atomic E-state index is 13.1. The van der Waals surface area contributed by atoms with Gasteiger partial charge in [0.15, 0.2) is 23.3 Å². The lowest BCUT2D eigenvalue weighted by molar-refractivity contribution is 0.364. The van der Waals surface area contributed by atoms with Crippen LogP contribution in [0.25, 0.3) is 0 Å². The first-order chi connectivity index (χ1) is 6.91. The molecule has 0 aliphatic rings. The molecule has 0 bridgehead atoms. The molecule has 0 fully saturated rings. The van der Waals surface area contributed by atoms with Crippen LogP contribution in [0.15, 0.2) is 0 Å². The zero-order chi connectivity index (χ0) is 11.7. The Balaban J connectivity index is 0. The minimum absolute atomic E-state index is 0. The number of benzene rings is 1. The largest absolute Gasteiger partial charge is 0.203 e. The van der Waals surface area contributed by atoms with E-state index >= 15 is 0 Å². The quantitative estimate of drug-likeness (QED) is 0.389. The fraction of sp³-hybridized carbons (Fsp3) is 0.500. The first kappa shape index (κ1) is 18.2. The summed E-state index contributed by atoms with van der Waals surface area (Å²) in [4.78, 5) is 0. The fourth-order valence-electron chi connectivity index (χ4n) is 1.26. The summed E-state index contributed by atoms with van der Waals surface area (Å²) in [7, 11) is 0. The molecule has 0 aliphatic heterocycles. The summed E-state index contributed by atoms with van der Waals surface area (Å²) >= 11 is 0. The van der Waals surface area contributed by atoms with Gasteiger partial charge in [0, 0.05) is 5.56 Å². The van der Waals surface area contributed by atoms with Crippen LogP contribution < -0.4 is 0 Å². The van der Waals surface area contributed by atoms with Gasteiger partial charge in [0.2, 0.25) is 5.82 Å². The summed E-state index contributed by atoms with van der Waals surface area (Å²) in [5.41, 5.74) is -0.742. The Labute approximate surface area is 98.5 Å². The van der Waals surface area contributed by atoms with Gasteiger partial charge in [-0.25, -0.2) is 22.0 Å². The van der Waals surface area contributed by atoms with Crippen molar-refractivity contribution in [3.05, 3.63) is 34.6 Å². The Bertz CT molecular complexity index is 358. The van der Waals surface area contributed by atoms with Crippen molar-refractivity contribution in [1.29, 1.82) is 0 Å². The van der Waals surface area contributed by atoms with Crippen molar-refractivity contribution in [3.8, 4) is 0 Å². The highest BCUT2D eigenvalue weighted by Crippen LogP contribution is 2.29. The lowest BCUT2D eigenvalue weighted by Crippen LogP contribution is -2.09. The third-order valence-corrected chi connectivity index (χ3v) is 2.35. The Morgan fingerprint density at radius 1 is 0.765 bits per heavy atom. The summed E-state index contributed by atoms with van der Waals surface area (Å²) in [5.74, 6) is -10.1. The van der Waals surface area contributed by atoms with Crippen LogP contribution in [0.3, 0.4) is 0 Å². The van der Waals surface area contributed by atoms with Crippen LogP contribution >= 0.6 is 0 Å². The molecule has 0 heterocycles. The van der Waals surface area contributed by atoms with Crippen LogP contribution in [0.2, 0.25) is 0 Å². The monoisotopic (exact) mass is 256 g/mol. The molecule has 0 saturated carbocycles. The second kappa shape index (κ2) is 6.57. The summed E-state index contributed by atoms with van der Waals surface area (Å²) in [6.07, 6.45) is 0.290. The smallest absolute Gasteiger partial charge is 0.200 e. The van der Waals surface area contributed by atoms with Gasteiger partial charge in [-0.1, -0.05) is 28.7 Å². The zero-order valence-corrected chi connectivity index (χ0v) is 8.17. The van der Waals surface area contributed by atoms with Crippen LogP contribution in [-0.4, -0.2) is 0 Å². The molecule has 0 amide bonds. The van der Waals surface area contributed by atoms with Crippen LogP contribution in [0.1, 0.15) is 46.6 Å². The van der Waals surface area contributed by atoms with Gasteiger partial charge < -0.3 is 0 Å². The van der Waals surface area contributed by atoms with E-state index in [4.69, 9.17) is 0 Å². The second-order valence-electron chi connectivity index (χ2n) is 3.29. The van der Waals surface area contributed by atoms with Crippen molar-refractivity contribution in [3.63, 3.8) is 0 Å². The molecule has 0 nitrogen and oxygen atoms in total. The average molecular weight is 256 g/mol. The van der Waals surface area contributed by atoms with Crippen LogP contribution in [0.4, 0.5) is 22.0 Å². The van der Waals surface area contributed by atoms with Crippen LogP contribution in [-0.2, 0) is 0 Å². The molecule has 0 aliphatic carbocycles. The van der Waals surface area contributed by atoms with Gasteiger partial charge in [-0.15, -0.1) is 0 Å². The molecule has 0 radical (unpaired) electrons. The first-order valence-electron chi connectivity index (χ1n) is 4.43. The molecule has 0 N–H and O–H groups in total. The lowest BCUT2D eigenvalue weighted by atomic mass is 9.97. The van der Waals surface area contributed by atoms with Crippen molar-refractivity contribution in [2.24, 2.45) is 0 Å². The van der Waals surface area contributed by atoms with Gasteiger partial charge in [-0.2, -0.15) is 0 Å². The van der Waals surface area contributed by atoms with Gasteiger partial charge >= 0.3 is 0 Å². The minimum Gasteiger partial charge on any atom is -0.203 e. The van der Waals surface area contributed by atoms with Gasteiger partial charge in [-0.05, 0) is 12.3 Å². The SMILES string of the molecule is C.C.CCC(C)c1c(F)c(F)c(F)c(F)c1F. The van der Waals surface area contributed by atoms with Crippen LogP contribution in [0, 0.1) is 29.1 Å². The Morgan fingerprint density at radius 2 is 1.06 bits per heavy atom. The molecule has 1 rings (SSSR count). The molecule has 1 aromatic carbocycles. The van der Waals surface area contributed by atoms with Gasteiger partial charge in [-0.3, -0.25) is 0 Å². The first-order valence-corrected chi connectivity index (χ1v) is 4.43. The predicted octanol–water partition coefficient (Wildman–Crippen LogP) is 5.17. The van der Waals surface area contributed by atoms with Crippen molar-refractivity contribution >= 4 is 0 Å². The molecule has 0 spiro atoms. The number of hydrogen-bond acceptors (Lipinski definition) is 0. The lowest BCUT2D eigenvalue weighted by Gasteiger charge is -2.12. The Hall–Kier alpha value is -1.13. The third-order valence-electron chi connectivity index (χ3n) is 2.35. The summed E-state index contributed by atoms with van der Waals surface area (Å²) in [5, 5.41) is 0. The molecule has 0 saturated heterocycles. The average Bonchev–Trinajstić information content (AvgIpc) is 2.23. The Kier molecular flexibility index (Phi) is 7.05. The van der Waals surface area contributed by atoms with Crippen molar-refractivity contribution in [2.75, 3.05) is 0 Å². The summed E-state index contributed by atoms with van der Waals surface area (Å²) < 4.78 is 64.4. The van der Waals surface area contributed by atoms with E-state index in [1.165, 1.54) is 6.92 Å². The maximum Gasteiger partial charge on any atom is 0.200 e. The maximum atomic E-state index is 13.1. The van der Waals surface area contributed by atoms with E-state index in [1.54, 1.807) is 6.92 Å². The summed E-state index contributed by atoms with van der Waals surface area (Å²) in [6, 6.07) is 0. The molecular formula is C12H17F5. The third kappa shape index (κ3) is 2.96. The number of rotatable bonds is 2. The van der Waals surface area contributed by atoms with Crippen molar-refractivity contribution in [1.82, 2.24) is 0 Å². The summed E-state index contributed by atoms with van der Waals surface area (Å²) in [6.45, 7) is 3.00. The second-order valence-corrected chi connectivity index (χ2v) is 3.29. The molecule has 1 atom stereocenters. The molecule has 1 unspecified atom stereocenters. The van der Waals surface area contributed by atoms with Gasteiger partial charge in [0.25, 0.3) is 0 Å². The van der Waals surface area contributed by atoms with Crippen molar-refractivity contribution < 1.29 is 22.0 Å². The van der Waals surface area contributed by atoms with Crippen LogP contribution in [0.5, 0.6) is 0 Å². The van der Waals surface area contributed by atoms with E-state index in [2.05, 4.69) is 0 Å². The van der Waals surface area contributed by atoms with E-state index in [-0.39, 0.29) is 14.9 Å². The predicted molar refractivity (Wildman–Crippen MR) is 58.4 cm³/mol. The molecule has 0 aromatic heterocycles. The number of hydrogen-bond donors (Lipinski definition) is 0.